The first-order valence-electron chi connectivity index (χ1n) is 3.64. The summed E-state index contributed by atoms with van der Waals surface area (Å²) in [5.74, 6) is 0. The Kier molecular flexibility index (Phi) is 5.56. The first-order chi connectivity index (χ1) is 4.81. The fourth-order valence-electron chi connectivity index (χ4n) is 0.654. The van der Waals surface area contributed by atoms with Gasteiger partial charge in [0, 0.05) is 6.54 Å². The van der Waals surface area contributed by atoms with Crippen molar-refractivity contribution in [1.29, 1.82) is 5.26 Å². The second kappa shape index (κ2) is 6.15. The van der Waals surface area contributed by atoms with Crippen LogP contribution < -0.4 is 5.32 Å². The van der Waals surface area contributed by atoms with Crippen LogP contribution >= 0.6 is 0 Å². The molecular weight excluding hydrogens is 124 g/mol. The van der Waals surface area contributed by atoms with E-state index in [4.69, 9.17) is 5.26 Å². The zero-order valence-electron chi connectivity index (χ0n) is 6.48. The van der Waals surface area contributed by atoms with Gasteiger partial charge in [-0.15, -0.1) is 0 Å². The van der Waals surface area contributed by atoms with Crippen molar-refractivity contribution in [2.45, 2.75) is 26.2 Å². The summed E-state index contributed by atoms with van der Waals surface area (Å²) >= 11 is 0. The molecule has 2 heteroatoms. The molecule has 2 nitrogen and oxygen atoms in total. The van der Waals surface area contributed by atoms with Crippen molar-refractivity contribution < 1.29 is 0 Å². The van der Waals surface area contributed by atoms with Gasteiger partial charge < -0.3 is 5.32 Å². The molecule has 0 aromatic rings. The first-order valence-corrected chi connectivity index (χ1v) is 3.64. The Morgan fingerprint density at radius 3 is 2.80 bits per heavy atom. The lowest BCUT2D eigenvalue weighted by molar-refractivity contribution is 0.675. The third kappa shape index (κ3) is 5.17. The number of nitrogens with zero attached hydrogens (tertiary/aromatic N) is 1. The van der Waals surface area contributed by atoms with Gasteiger partial charge in [0.2, 0.25) is 0 Å². The third-order valence-corrected chi connectivity index (χ3v) is 1.25. The predicted molar refractivity (Wildman–Crippen MR) is 42.3 cm³/mol. The van der Waals surface area contributed by atoms with Gasteiger partial charge in [-0.1, -0.05) is 26.3 Å². The molecule has 0 aliphatic heterocycles. The SMILES string of the molecule is C=C(C#N)NCCCCC. The van der Waals surface area contributed by atoms with E-state index >= 15 is 0 Å². The minimum atomic E-state index is 0.469. The number of unbranched alkanes of at least 4 members (excludes halogenated alkanes) is 2. The van der Waals surface area contributed by atoms with Crippen LogP contribution in [0.3, 0.4) is 0 Å². The summed E-state index contributed by atoms with van der Waals surface area (Å²) in [6.45, 7) is 6.53. The van der Waals surface area contributed by atoms with Crippen LogP contribution in [-0.2, 0) is 0 Å². The van der Waals surface area contributed by atoms with Crippen molar-refractivity contribution in [3.63, 3.8) is 0 Å². The lowest BCUT2D eigenvalue weighted by Crippen LogP contribution is -2.12. The summed E-state index contributed by atoms with van der Waals surface area (Å²) in [6.07, 6.45) is 3.55. The molecule has 0 spiro atoms. The minimum Gasteiger partial charge on any atom is -0.377 e. The van der Waals surface area contributed by atoms with E-state index in [1.165, 1.54) is 12.8 Å². The van der Waals surface area contributed by atoms with E-state index < -0.39 is 0 Å². The van der Waals surface area contributed by atoms with Gasteiger partial charge in [-0.25, -0.2) is 0 Å². The predicted octanol–water partition coefficient (Wildman–Crippen LogP) is 1.80. The van der Waals surface area contributed by atoms with Crippen LogP contribution in [0.2, 0.25) is 0 Å². The van der Waals surface area contributed by atoms with Gasteiger partial charge in [0.15, 0.2) is 0 Å². The van der Waals surface area contributed by atoms with Crippen molar-refractivity contribution in [1.82, 2.24) is 5.32 Å². The molecule has 0 atom stereocenters. The van der Waals surface area contributed by atoms with Crippen molar-refractivity contribution >= 4 is 0 Å². The van der Waals surface area contributed by atoms with E-state index in [1.54, 1.807) is 0 Å². The maximum atomic E-state index is 8.28. The molecule has 0 radical (unpaired) electrons. The Hall–Kier alpha value is -0.970. The standard InChI is InChI=1S/C8H14N2/c1-3-4-5-6-10-8(2)7-9/h10H,2-6H2,1H3. The summed E-state index contributed by atoms with van der Waals surface area (Å²) in [4.78, 5) is 0. The quantitative estimate of drug-likeness (QED) is 0.464. The summed E-state index contributed by atoms with van der Waals surface area (Å²) in [7, 11) is 0. The van der Waals surface area contributed by atoms with Crippen LogP contribution in [0.5, 0.6) is 0 Å². The molecule has 0 aliphatic rings. The summed E-state index contributed by atoms with van der Waals surface area (Å²) < 4.78 is 0. The van der Waals surface area contributed by atoms with E-state index in [2.05, 4.69) is 18.8 Å². The van der Waals surface area contributed by atoms with Gasteiger partial charge in [-0.2, -0.15) is 5.26 Å². The van der Waals surface area contributed by atoms with Gasteiger partial charge in [0.05, 0.1) is 0 Å². The molecule has 0 aliphatic carbocycles. The Morgan fingerprint density at radius 2 is 2.30 bits per heavy atom. The van der Waals surface area contributed by atoms with Gasteiger partial charge >= 0.3 is 0 Å². The van der Waals surface area contributed by atoms with Crippen molar-refractivity contribution in [2.24, 2.45) is 0 Å². The number of allylic oxidation sites excluding steroid dienone is 1. The molecule has 1 N–H and O–H groups in total. The number of nitriles is 1. The largest absolute Gasteiger partial charge is 0.377 e. The molecule has 0 bridgehead atoms. The highest BCUT2D eigenvalue weighted by Crippen LogP contribution is 1.91. The summed E-state index contributed by atoms with van der Waals surface area (Å²) in [5, 5.41) is 11.2. The first kappa shape index (κ1) is 9.03. The van der Waals surface area contributed by atoms with Crippen molar-refractivity contribution in [3.05, 3.63) is 12.3 Å². The molecule has 0 fully saturated rings. The smallest absolute Gasteiger partial charge is 0.116 e. The topological polar surface area (TPSA) is 35.8 Å². The molecule has 0 aromatic heterocycles. The zero-order valence-corrected chi connectivity index (χ0v) is 6.48. The van der Waals surface area contributed by atoms with Crippen LogP contribution in [0, 0.1) is 11.3 Å². The average molecular weight is 138 g/mol. The zero-order chi connectivity index (χ0) is 7.82. The number of hydrogen-bond donors (Lipinski definition) is 1. The summed E-state index contributed by atoms with van der Waals surface area (Å²) in [6, 6.07) is 1.94. The highest BCUT2D eigenvalue weighted by Gasteiger charge is 1.87. The van der Waals surface area contributed by atoms with E-state index in [-0.39, 0.29) is 0 Å². The number of nitrogens with one attached hydrogen (secondary N) is 1. The highest BCUT2D eigenvalue weighted by molar-refractivity contribution is 5.12. The monoisotopic (exact) mass is 138 g/mol. The second-order valence-corrected chi connectivity index (χ2v) is 2.22. The van der Waals surface area contributed by atoms with Gasteiger partial charge in [0.25, 0.3) is 0 Å². The molecule has 0 aromatic carbocycles. The maximum absolute atomic E-state index is 8.28. The Labute approximate surface area is 62.5 Å². The normalized spacial score (nSPS) is 8.40. The van der Waals surface area contributed by atoms with Crippen LogP contribution in [-0.4, -0.2) is 6.54 Å². The lowest BCUT2D eigenvalue weighted by Gasteiger charge is -2.00. The Bertz CT molecular complexity index is 133. The van der Waals surface area contributed by atoms with E-state index in [0.29, 0.717) is 5.70 Å². The fraction of sp³-hybridized carbons (Fsp3) is 0.625. The van der Waals surface area contributed by atoms with Gasteiger partial charge in [0.1, 0.15) is 11.8 Å². The maximum Gasteiger partial charge on any atom is 0.116 e. The van der Waals surface area contributed by atoms with E-state index in [1.807, 2.05) is 6.07 Å². The van der Waals surface area contributed by atoms with Crippen molar-refractivity contribution in [2.75, 3.05) is 6.54 Å². The molecule has 0 amide bonds. The average Bonchev–Trinajstić information content (AvgIpc) is 1.98. The molecular formula is C8H14N2. The fourth-order valence-corrected chi connectivity index (χ4v) is 0.654. The Balaban J connectivity index is 3.06. The number of hydrogen-bond acceptors (Lipinski definition) is 2. The van der Waals surface area contributed by atoms with Crippen LogP contribution in [0.4, 0.5) is 0 Å². The number of rotatable bonds is 5. The van der Waals surface area contributed by atoms with Crippen molar-refractivity contribution in [3.8, 4) is 6.07 Å². The van der Waals surface area contributed by atoms with Crippen LogP contribution in [0.15, 0.2) is 12.3 Å². The van der Waals surface area contributed by atoms with E-state index in [0.717, 1.165) is 13.0 Å². The molecule has 10 heavy (non-hydrogen) atoms. The van der Waals surface area contributed by atoms with Crippen LogP contribution in [0.25, 0.3) is 0 Å². The minimum absolute atomic E-state index is 0.469. The molecule has 56 valence electrons. The molecule has 0 saturated heterocycles. The van der Waals surface area contributed by atoms with Gasteiger partial charge in [-0.3, -0.25) is 0 Å². The molecule has 0 rings (SSSR count). The lowest BCUT2D eigenvalue weighted by atomic mass is 10.2. The van der Waals surface area contributed by atoms with Gasteiger partial charge in [-0.05, 0) is 6.42 Å². The third-order valence-electron chi connectivity index (χ3n) is 1.25. The molecule has 0 heterocycles. The second-order valence-electron chi connectivity index (χ2n) is 2.22. The van der Waals surface area contributed by atoms with E-state index in [9.17, 15) is 0 Å². The molecule has 0 saturated carbocycles. The highest BCUT2D eigenvalue weighted by atomic mass is 14.9. The Morgan fingerprint density at radius 1 is 1.60 bits per heavy atom. The molecule has 0 unspecified atom stereocenters. The van der Waals surface area contributed by atoms with Crippen LogP contribution in [0.1, 0.15) is 26.2 Å². The summed E-state index contributed by atoms with van der Waals surface area (Å²) in [5.41, 5.74) is 0.469.